The molecule has 0 aliphatic heterocycles. The molecule has 0 atom stereocenters. The van der Waals surface area contributed by atoms with Gasteiger partial charge >= 0.3 is 12.1 Å². The molecule has 1 amide bonds. The molecule has 0 aliphatic rings. The number of nitrogens with one attached hydrogen (secondary N) is 1. The predicted molar refractivity (Wildman–Crippen MR) is 139 cm³/mol. The predicted octanol–water partition coefficient (Wildman–Crippen LogP) is 4.37. The van der Waals surface area contributed by atoms with Gasteiger partial charge in [0, 0.05) is 13.1 Å². The molecule has 0 fully saturated rings. The number of carbonyl (C=O) groups excluding carboxylic acids is 2. The number of nitrogens with zero attached hydrogens (tertiary/aromatic N) is 1. The Bertz CT molecular complexity index is 1080. The molecule has 36 heavy (non-hydrogen) atoms. The zero-order chi connectivity index (χ0) is 25.8. The second-order valence-corrected chi connectivity index (χ2v) is 8.00. The van der Waals surface area contributed by atoms with Crippen LogP contribution < -0.4 is 10.1 Å². The van der Waals surface area contributed by atoms with Gasteiger partial charge in [-0.3, -0.25) is 15.0 Å². The van der Waals surface area contributed by atoms with Crippen molar-refractivity contribution in [1.82, 2.24) is 10.2 Å². The number of hydrogen-bond donors (Lipinski definition) is 1. The van der Waals surface area contributed by atoms with Crippen molar-refractivity contribution in [2.75, 3.05) is 40.5 Å². The normalized spacial score (nSPS) is 10.8. The molecule has 7 nitrogen and oxygen atoms in total. The fourth-order valence-corrected chi connectivity index (χ4v) is 4.08. The minimum atomic E-state index is -0.739. The molecule has 0 bridgehead atoms. The number of esters is 1. The maximum Gasteiger partial charge on any atom is 0.410 e. The van der Waals surface area contributed by atoms with Gasteiger partial charge in [0.2, 0.25) is 0 Å². The van der Waals surface area contributed by atoms with Crippen LogP contribution in [0.15, 0.2) is 97.6 Å². The lowest BCUT2D eigenvalue weighted by atomic mass is 9.77. The summed E-state index contributed by atoms with van der Waals surface area (Å²) < 4.78 is 15.3. The average Bonchev–Trinajstić information content (AvgIpc) is 2.94. The van der Waals surface area contributed by atoms with Crippen LogP contribution in [0.25, 0.3) is 0 Å². The van der Waals surface area contributed by atoms with E-state index in [2.05, 4.69) is 36.2 Å². The van der Waals surface area contributed by atoms with E-state index in [1.165, 1.54) is 18.1 Å². The zero-order valence-electron chi connectivity index (χ0n) is 20.7. The van der Waals surface area contributed by atoms with E-state index in [0.717, 1.165) is 22.4 Å². The van der Waals surface area contributed by atoms with Crippen molar-refractivity contribution in [1.29, 1.82) is 0 Å². The molecule has 0 heterocycles. The van der Waals surface area contributed by atoms with Crippen molar-refractivity contribution in [2.24, 2.45) is 0 Å². The van der Waals surface area contributed by atoms with Crippen LogP contribution >= 0.6 is 0 Å². The van der Waals surface area contributed by atoms with Crippen molar-refractivity contribution in [3.05, 3.63) is 114 Å². The first-order chi connectivity index (χ1) is 17.5. The van der Waals surface area contributed by atoms with Crippen molar-refractivity contribution in [2.45, 2.75) is 5.54 Å². The standard InChI is InChI=1S/C29H32N2O5/c1-4-21-36-28(33)31(22-27(32)35-3)20-19-30-29(23-11-7-5-8-12-23,24-13-9-6-10-14-24)25-15-17-26(34-2)18-16-25/h4-18,30H,1,19-22H2,2-3H3. The lowest BCUT2D eigenvalue weighted by molar-refractivity contribution is -0.141. The van der Waals surface area contributed by atoms with Gasteiger partial charge in [-0.1, -0.05) is 85.5 Å². The zero-order valence-corrected chi connectivity index (χ0v) is 20.7. The fourth-order valence-electron chi connectivity index (χ4n) is 4.08. The highest BCUT2D eigenvalue weighted by atomic mass is 16.6. The lowest BCUT2D eigenvalue weighted by Crippen LogP contribution is -2.49. The molecule has 0 radical (unpaired) electrons. The molecule has 188 valence electrons. The van der Waals surface area contributed by atoms with Gasteiger partial charge in [-0.05, 0) is 28.8 Å². The van der Waals surface area contributed by atoms with Crippen LogP contribution in [0, 0.1) is 0 Å². The molecule has 1 N–H and O–H groups in total. The fraction of sp³-hybridized carbons (Fsp3) is 0.241. The molecule has 3 rings (SSSR count). The average molecular weight is 489 g/mol. The van der Waals surface area contributed by atoms with E-state index in [9.17, 15) is 9.59 Å². The minimum Gasteiger partial charge on any atom is -0.497 e. The number of carbonyl (C=O) groups is 2. The highest BCUT2D eigenvalue weighted by Crippen LogP contribution is 2.37. The topological polar surface area (TPSA) is 77.1 Å². The summed E-state index contributed by atoms with van der Waals surface area (Å²) >= 11 is 0. The minimum absolute atomic E-state index is 0.0494. The molecular formula is C29H32N2O5. The third kappa shape index (κ3) is 6.31. The van der Waals surface area contributed by atoms with Gasteiger partial charge in [-0.2, -0.15) is 0 Å². The monoisotopic (exact) mass is 488 g/mol. The summed E-state index contributed by atoms with van der Waals surface area (Å²) in [6.45, 7) is 3.96. The molecule has 3 aromatic rings. The van der Waals surface area contributed by atoms with Crippen LogP contribution in [0.1, 0.15) is 16.7 Å². The number of amides is 1. The highest BCUT2D eigenvalue weighted by Gasteiger charge is 2.36. The second kappa shape index (κ2) is 13.1. The van der Waals surface area contributed by atoms with E-state index in [4.69, 9.17) is 14.2 Å². The van der Waals surface area contributed by atoms with E-state index in [-0.39, 0.29) is 19.7 Å². The number of benzene rings is 3. The Morgan fingerprint density at radius 1 is 0.889 bits per heavy atom. The summed E-state index contributed by atoms with van der Waals surface area (Å²) in [6.07, 6.45) is 0.864. The van der Waals surface area contributed by atoms with Gasteiger partial charge in [0.1, 0.15) is 18.9 Å². The summed E-state index contributed by atoms with van der Waals surface area (Å²) in [6, 6.07) is 28.1. The molecule has 7 heteroatoms. The van der Waals surface area contributed by atoms with Crippen LogP contribution in [0.5, 0.6) is 5.75 Å². The van der Waals surface area contributed by atoms with E-state index in [0.29, 0.717) is 6.54 Å². The van der Waals surface area contributed by atoms with Crippen molar-refractivity contribution >= 4 is 12.1 Å². The summed E-state index contributed by atoms with van der Waals surface area (Å²) in [5, 5.41) is 3.69. The van der Waals surface area contributed by atoms with Gasteiger partial charge in [-0.25, -0.2) is 4.79 Å². The van der Waals surface area contributed by atoms with Gasteiger partial charge in [0.25, 0.3) is 0 Å². The Labute approximate surface area is 212 Å². The Balaban J connectivity index is 2.00. The van der Waals surface area contributed by atoms with Crippen LogP contribution in [0.4, 0.5) is 4.79 Å². The summed E-state index contributed by atoms with van der Waals surface area (Å²) in [5.41, 5.74) is 2.30. The molecule has 0 spiro atoms. The number of rotatable bonds is 12. The van der Waals surface area contributed by atoms with E-state index in [1.54, 1.807) is 7.11 Å². The van der Waals surface area contributed by atoms with Crippen LogP contribution in [-0.2, 0) is 19.8 Å². The molecule has 3 aromatic carbocycles. The first-order valence-corrected chi connectivity index (χ1v) is 11.6. The largest absolute Gasteiger partial charge is 0.497 e. The second-order valence-electron chi connectivity index (χ2n) is 8.00. The first-order valence-electron chi connectivity index (χ1n) is 11.6. The molecule has 0 aliphatic carbocycles. The summed E-state index contributed by atoms with van der Waals surface area (Å²) in [7, 11) is 2.92. The van der Waals surface area contributed by atoms with Crippen LogP contribution in [0.2, 0.25) is 0 Å². The van der Waals surface area contributed by atoms with E-state index < -0.39 is 17.6 Å². The molecule has 0 saturated heterocycles. The third-order valence-corrected chi connectivity index (χ3v) is 5.84. The first kappa shape index (κ1) is 26.5. The lowest BCUT2D eigenvalue weighted by Gasteiger charge is -2.38. The summed E-state index contributed by atoms with van der Waals surface area (Å²) in [5.74, 6) is 0.223. The van der Waals surface area contributed by atoms with Crippen LogP contribution in [0.3, 0.4) is 0 Å². The number of ether oxygens (including phenoxy) is 3. The van der Waals surface area contributed by atoms with Gasteiger partial charge in [0.15, 0.2) is 0 Å². The van der Waals surface area contributed by atoms with Crippen molar-refractivity contribution in [3.63, 3.8) is 0 Å². The number of hydrogen-bond acceptors (Lipinski definition) is 6. The van der Waals surface area contributed by atoms with Gasteiger partial charge in [-0.15, -0.1) is 0 Å². The Hall–Kier alpha value is -4.10. The van der Waals surface area contributed by atoms with Gasteiger partial charge < -0.3 is 14.2 Å². The molecule has 0 saturated carbocycles. The maximum atomic E-state index is 12.6. The smallest absolute Gasteiger partial charge is 0.410 e. The summed E-state index contributed by atoms with van der Waals surface area (Å²) in [4.78, 5) is 25.9. The quantitative estimate of drug-likeness (QED) is 0.232. The molecule has 0 unspecified atom stereocenters. The Morgan fingerprint density at radius 3 is 1.94 bits per heavy atom. The SMILES string of the molecule is C=CCOC(=O)N(CCNC(c1ccccc1)(c1ccccc1)c1ccc(OC)cc1)CC(=O)OC. The van der Waals surface area contributed by atoms with Crippen LogP contribution in [-0.4, -0.2) is 57.4 Å². The van der Waals surface area contributed by atoms with Gasteiger partial charge in [0.05, 0.1) is 19.8 Å². The van der Waals surface area contributed by atoms with Crippen molar-refractivity contribution in [3.8, 4) is 5.75 Å². The third-order valence-electron chi connectivity index (χ3n) is 5.84. The van der Waals surface area contributed by atoms with Crippen molar-refractivity contribution < 1.29 is 23.8 Å². The Morgan fingerprint density at radius 2 is 1.44 bits per heavy atom. The Kier molecular flexibility index (Phi) is 9.65. The van der Waals surface area contributed by atoms with E-state index >= 15 is 0 Å². The molecular weight excluding hydrogens is 456 g/mol. The van der Waals surface area contributed by atoms with E-state index in [1.807, 2.05) is 60.7 Å². The number of methoxy groups -OCH3 is 2. The highest BCUT2D eigenvalue weighted by molar-refractivity contribution is 5.78. The molecule has 0 aromatic heterocycles. The maximum absolute atomic E-state index is 12.6.